The summed E-state index contributed by atoms with van der Waals surface area (Å²) in [4.78, 5) is 13.1. The van der Waals surface area contributed by atoms with E-state index in [9.17, 15) is 4.79 Å². The number of nitrogens with zero attached hydrogens (tertiary/aromatic N) is 2. The van der Waals surface area contributed by atoms with E-state index >= 15 is 0 Å². The van der Waals surface area contributed by atoms with Gasteiger partial charge in [-0.15, -0.1) is 0 Å². The van der Waals surface area contributed by atoms with Crippen molar-refractivity contribution in [3.05, 3.63) is 0 Å². The summed E-state index contributed by atoms with van der Waals surface area (Å²) in [7, 11) is 1.69. The molecule has 0 radical (unpaired) electrons. The highest BCUT2D eigenvalue weighted by molar-refractivity contribution is 5.68. The van der Waals surface area contributed by atoms with Gasteiger partial charge in [-0.25, -0.2) is 4.79 Å². The first-order valence-corrected chi connectivity index (χ1v) is 5.10. The summed E-state index contributed by atoms with van der Waals surface area (Å²) in [6.07, 6.45) is 0.786. The van der Waals surface area contributed by atoms with E-state index in [-0.39, 0.29) is 12.1 Å². The molecule has 0 aromatic heterocycles. The van der Waals surface area contributed by atoms with Crippen molar-refractivity contribution in [2.24, 2.45) is 0 Å². The molecule has 0 spiro atoms. The number of carbonyl (C=O) groups is 1. The predicted molar refractivity (Wildman–Crippen MR) is 58.3 cm³/mol. The van der Waals surface area contributed by atoms with Crippen molar-refractivity contribution in [2.45, 2.75) is 52.2 Å². The molecule has 1 atom stereocenters. The summed E-state index contributed by atoms with van der Waals surface area (Å²) in [6, 6.07) is 2.09. The van der Waals surface area contributed by atoms with E-state index in [1.54, 1.807) is 7.05 Å². The highest BCUT2D eigenvalue weighted by Crippen LogP contribution is 2.12. The van der Waals surface area contributed by atoms with Gasteiger partial charge in [0.2, 0.25) is 0 Å². The number of rotatable bonds is 3. The van der Waals surface area contributed by atoms with E-state index in [2.05, 4.69) is 6.07 Å². The third-order valence-electron chi connectivity index (χ3n) is 2.02. The van der Waals surface area contributed by atoms with Crippen LogP contribution < -0.4 is 0 Å². The van der Waals surface area contributed by atoms with Crippen LogP contribution in [0.3, 0.4) is 0 Å². The van der Waals surface area contributed by atoms with Crippen molar-refractivity contribution >= 4 is 6.09 Å². The molecule has 4 nitrogen and oxygen atoms in total. The smallest absolute Gasteiger partial charge is 0.410 e. The molecule has 0 aliphatic carbocycles. The minimum Gasteiger partial charge on any atom is -0.444 e. The third-order valence-corrected chi connectivity index (χ3v) is 2.02. The van der Waals surface area contributed by atoms with Crippen LogP contribution in [0.4, 0.5) is 4.79 Å². The third kappa shape index (κ3) is 5.95. The molecule has 0 aromatic rings. The molecule has 15 heavy (non-hydrogen) atoms. The lowest BCUT2D eigenvalue weighted by Crippen LogP contribution is -2.39. The van der Waals surface area contributed by atoms with Crippen LogP contribution in [0.5, 0.6) is 0 Å². The fraction of sp³-hybridized carbons (Fsp3) is 0.818. The van der Waals surface area contributed by atoms with E-state index in [0.29, 0.717) is 12.8 Å². The highest BCUT2D eigenvalue weighted by atomic mass is 16.6. The SMILES string of the molecule is CC(CCC#N)N(C)C(=O)OC(C)(C)C. The fourth-order valence-corrected chi connectivity index (χ4v) is 0.981. The normalized spacial score (nSPS) is 12.8. The average Bonchev–Trinajstić information content (AvgIpc) is 2.10. The summed E-state index contributed by atoms with van der Waals surface area (Å²) >= 11 is 0. The molecule has 0 aliphatic rings. The Hall–Kier alpha value is -1.24. The summed E-state index contributed by atoms with van der Waals surface area (Å²) in [5, 5.41) is 8.44. The highest BCUT2D eigenvalue weighted by Gasteiger charge is 2.22. The zero-order valence-electron chi connectivity index (χ0n) is 10.2. The summed E-state index contributed by atoms with van der Waals surface area (Å²) in [5.41, 5.74) is -0.472. The van der Waals surface area contributed by atoms with Crippen LogP contribution >= 0.6 is 0 Å². The maximum absolute atomic E-state index is 11.6. The standard InChI is InChI=1S/C11H20N2O2/c1-9(7-6-8-12)13(5)10(14)15-11(2,3)4/h9H,6-7H2,1-5H3. The van der Waals surface area contributed by atoms with Crippen LogP contribution in [-0.2, 0) is 4.74 Å². The zero-order valence-corrected chi connectivity index (χ0v) is 10.2. The number of nitriles is 1. The number of hydrogen-bond donors (Lipinski definition) is 0. The Morgan fingerprint density at radius 3 is 2.47 bits per heavy atom. The molecule has 0 rings (SSSR count). The van der Waals surface area contributed by atoms with E-state index < -0.39 is 5.60 Å². The van der Waals surface area contributed by atoms with Gasteiger partial charge >= 0.3 is 6.09 Å². The summed E-state index contributed by atoms with van der Waals surface area (Å²) < 4.78 is 5.20. The van der Waals surface area contributed by atoms with Gasteiger partial charge in [0.15, 0.2) is 0 Å². The second kappa shape index (κ2) is 5.59. The van der Waals surface area contributed by atoms with Crippen LogP contribution in [-0.4, -0.2) is 29.7 Å². The summed E-state index contributed by atoms with van der Waals surface area (Å²) in [6.45, 7) is 7.40. The molecule has 0 aromatic carbocycles. The maximum atomic E-state index is 11.6. The minimum absolute atomic E-state index is 0.0273. The predicted octanol–water partition coefficient (Wildman–Crippen LogP) is 2.55. The molecule has 1 unspecified atom stereocenters. The van der Waals surface area contributed by atoms with Crippen molar-refractivity contribution in [3.63, 3.8) is 0 Å². The monoisotopic (exact) mass is 212 g/mol. The van der Waals surface area contributed by atoms with E-state index in [1.807, 2.05) is 27.7 Å². The first kappa shape index (κ1) is 13.8. The Balaban J connectivity index is 4.15. The molecule has 0 heterocycles. The molecule has 0 saturated carbocycles. The van der Waals surface area contributed by atoms with Gasteiger partial charge < -0.3 is 9.64 Å². The molecule has 0 fully saturated rings. The van der Waals surface area contributed by atoms with E-state index in [1.165, 1.54) is 4.90 Å². The molecule has 0 saturated heterocycles. The Bertz CT molecular complexity index is 250. The van der Waals surface area contributed by atoms with Gasteiger partial charge in [-0.2, -0.15) is 5.26 Å². The molecule has 4 heteroatoms. The van der Waals surface area contributed by atoms with Gasteiger partial charge in [0.25, 0.3) is 0 Å². The molecule has 86 valence electrons. The van der Waals surface area contributed by atoms with Crippen molar-refractivity contribution in [3.8, 4) is 6.07 Å². The molecular formula is C11H20N2O2. The molecule has 0 N–H and O–H groups in total. The van der Waals surface area contributed by atoms with Crippen LogP contribution in [0.1, 0.15) is 40.5 Å². The second-order valence-corrected chi connectivity index (χ2v) is 4.64. The molecule has 1 amide bonds. The number of ether oxygens (including phenoxy) is 1. The fourth-order valence-electron chi connectivity index (χ4n) is 0.981. The first-order valence-electron chi connectivity index (χ1n) is 5.10. The Morgan fingerprint density at radius 2 is 2.07 bits per heavy atom. The first-order chi connectivity index (χ1) is 6.78. The number of hydrogen-bond acceptors (Lipinski definition) is 3. The van der Waals surface area contributed by atoms with Gasteiger partial charge in [0.1, 0.15) is 5.60 Å². The lowest BCUT2D eigenvalue weighted by Gasteiger charge is -2.28. The van der Waals surface area contributed by atoms with Crippen molar-refractivity contribution < 1.29 is 9.53 Å². The zero-order chi connectivity index (χ0) is 12.1. The second-order valence-electron chi connectivity index (χ2n) is 4.64. The number of carbonyl (C=O) groups excluding carboxylic acids is 1. The molecule has 0 aliphatic heterocycles. The van der Waals surface area contributed by atoms with E-state index in [4.69, 9.17) is 10.00 Å². The van der Waals surface area contributed by atoms with E-state index in [0.717, 1.165) is 0 Å². The van der Waals surface area contributed by atoms with Gasteiger partial charge in [-0.1, -0.05) is 0 Å². The quantitative estimate of drug-likeness (QED) is 0.722. The van der Waals surface area contributed by atoms with Crippen LogP contribution in [0.2, 0.25) is 0 Å². The van der Waals surface area contributed by atoms with Crippen LogP contribution in [0.25, 0.3) is 0 Å². The maximum Gasteiger partial charge on any atom is 0.410 e. The van der Waals surface area contributed by atoms with Gasteiger partial charge in [-0.05, 0) is 34.1 Å². The lowest BCUT2D eigenvalue weighted by molar-refractivity contribution is 0.0230. The Kier molecular flexibility index (Phi) is 5.13. The topological polar surface area (TPSA) is 53.3 Å². The Labute approximate surface area is 91.8 Å². The lowest BCUT2D eigenvalue weighted by atomic mass is 10.2. The van der Waals surface area contributed by atoms with Crippen molar-refractivity contribution in [1.29, 1.82) is 5.26 Å². The van der Waals surface area contributed by atoms with Crippen molar-refractivity contribution in [2.75, 3.05) is 7.05 Å². The average molecular weight is 212 g/mol. The minimum atomic E-state index is -0.472. The van der Waals surface area contributed by atoms with Crippen LogP contribution in [0, 0.1) is 11.3 Å². The van der Waals surface area contributed by atoms with Crippen LogP contribution in [0.15, 0.2) is 0 Å². The van der Waals surface area contributed by atoms with Gasteiger partial charge in [-0.3, -0.25) is 0 Å². The number of amides is 1. The van der Waals surface area contributed by atoms with Gasteiger partial charge in [0, 0.05) is 19.5 Å². The molecular weight excluding hydrogens is 192 g/mol. The van der Waals surface area contributed by atoms with Gasteiger partial charge in [0.05, 0.1) is 6.07 Å². The Morgan fingerprint density at radius 1 is 1.53 bits per heavy atom. The largest absolute Gasteiger partial charge is 0.444 e. The summed E-state index contributed by atoms with van der Waals surface area (Å²) in [5.74, 6) is 0. The molecule has 0 bridgehead atoms. The van der Waals surface area contributed by atoms with Crippen molar-refractivity contribution in [1.82, 2.24) is 4.90 Å².